The lowest BCUT2D eigenvalue weighted by atomic mass is 10.1. The lowest BCUT2D eigenvalue weighted by molar-refractivity contribution is 0.122. The molecule has 1 aromatic heterocycles. The molecular weight excluding hydrogens is 252 g/mol. The molecule has 5 nitrogen and oxygen atoms in total. The molecule has 20 heavy (non-hydrogen) atoms. The van der Waals surface area contributed by atoms with Gasteiger partial charge in [-0.25, -0.2) is 9.97 Å². The Balaban J connectivity index is 1.84. The zero-order valence-corrected chi connectivity index (χ0v) is 12.3. The maximum atomic E-state index is 5.40. The van der Waals surface area contributed by atoms with Gasteiger partial charge in [0.1, 0.15) is 0 Å². The quantitative estimate of drug-likeness (QED) is 0.851. The first-order valence-electron chi connectivity index (χ1n) is 7.80. The fourth-order valence-electron chi connectivity index (χ4n) is 3.08. The number of ether oxygens (including phenoxy) is 1. The topological polar surface area (TPSA) is 50.3 Å². The fourth-order valence-corrected chi connectivity index (χ4v) is 3.08. The smallest absolute Gasteiger partial charge is 0.225 e. The fraction of sp³-hybridized carbons (Fsp3) is 0.733. The summed E-state index contributed by atoms with van der Waals surface area (Å²) in [4.78, 5) is 11.7. The van der Waals surface area contributed by atoms with Crippen molar-refractivity contribution in [2.45, 2.75) is 38.6 Å². The maximum absolute atomic E-state index is 5.40. The van der Waals surface area contributed by atoms with Gasteiger partial charge in [0, 0.05) is 30.9 Å². The molecule has 1 fully saturated rings. The van der Waals surface area contributed by atoms with Crippen molar-refractivity contribution in [2.24, 2.45) is 0 Å². The molecule has 1 atom stereocenters. The van der Waals surface area contributed by atoms with Crippen LogP contribution in [0.4, 0.5) is 5.95 Å². The first-order valence-corrected chi connectivity index (χ1v) is 7.80. The second-order valence-corrected chi connectivity index (χ2v) is 5.53. The second-order valence-electron chi connectivity index (χ2n) is 5.53. The first-order chi connectivity index (χ1) is 9.88. The summed E-state index contributed by atoms with van der Waals surface area (Å²) < 4.78 is 5.40. The Morgan fingerprint density at radius 3 is 3.00 bits per heavy atom. The molecule has 3 rings (SSSR count). The number of hydrogen-bond donors (Lipinski definition) is 1. The minimum Gasteiger partial charge on any atom is -0.378 e. The van der Waals surface area contributed by atoms with E-state index in [4.69, 9.17) is 9.72 Å². The Bertz CT molecular complexity index is 445. The Kier molecular flexibility index (Phi) is 4.47. The molecule has 0 saturated carbocycles. The van der Waals surface area contributed by atoms with E-state index in [0.717, 1.165) is 45.2 Å². The summed E-state index contributed by atoms with van der Waals surface area (Å²) in [5, 5.41) is 3.57. The Labute approximate surface area is 120 Å². The number of hydrogen-bond acceptors (Lipinski definition) is 5. The van der Waals surface area contributed by atoms with Crippen LogP contribution in [0.3, 0.4) is 0 Å². The van der Waals surface area contributed by atoms with Crippen LogP contribution in [-0.2, 0) is 11.2 Å². The van der Waals surface area contributed by atoms with Gasteiger partial charge in [-0.1, -0.05) is 13.3 Å². The third kappa shape index (κ3) is 2.94. The molecule has 1 aromatic rings. The highest BCUT2D eigenvalue weighted by atomic mass is 16.5. The number of nitrogens with one attached hydrogen (secondary N) is 1. The van der Waals surface area contributed by atoms with Crippen LogP contribution in [0.15, 0.2) is 6.20 Å². The van der Waals surface area contributed by atoms with E-state index in [2.05, 4.69) is 22.1 Å². The van der Waals surface area contributed by atoms with Gasteiger partial charge in [0.15, 0.2) is 0 Å². The minimum atomic E-state index is 0.427. The van der Waals surface area contributed by atoms with Gasteiger partial charge < -0.3 is 15.0 Å². The monoisotopic (exact) mass is 276 g/mol. The Morgan fingerprint density at radius 1 is 1.35 bits per heavy atom. The van der Waals surface area contributed by atoms with Gasteiger partial charge in [0.05, 0.1) is 18.9 Å². The van der Waals surface area contributed by atoms with E-state index in [0.29, 0.717) is 6.04 Å². The molecule has 2 aliphatic rings. The molecule has 5 heteroatoms. The van der Waals surface area contributed by atoms with Gasteiger partial charge in [0.2, 0.25) is 5.95 Å². The summed E-state index contributed by atoms with van der Waals surface area (Å²) in [7, 11) is 0. The molecule has 1 saturated heterocycles. The summed E-state index contributed by atoms with van der Waals surface area (Å²) in [6.07, 6.45) is 6.82. The van der Waals surface area contributed by atoms with Gasteiger partial charge in [0.25, 0.3) is 0 Å². The number of fused-ring (bicyclic) bond motifs is 1. The van der Waals surface area contributed by atoms with E-state index in [1.165, 1.54) is 30.5 Å². The summed E-state index contributed by atoms with van der Waals surface area (Å²) in [6.45, 7) is 6.51. The van der Waals surface area contributed by atoms with Crippen LogP contribution >= 0.6 is 0 Å². The molecule has 0 aromatic carbocycles. The maximum Gasteiger partial charge on any atom is 0.225 e. The van der Waals surface area contributed by atoms with Crippen molar-refractivity contribution in [3.8, 4) is 0 Å². The van der Waals surface area contributed by atoms with Crippen LogP contribution in [0.25, 0.3) is 0 Å². The predicted molar refractivity (Wildman–Crippen MR) is 79.0 cm³/mol. The van der Waals surface area contributed by atoms with Crippen molar-refractivity contribution < 1.29 is 4.74 Å². The van der Waals surface area contributed by atoms with Gasteiger partial charge in [-0.15, -0.1) is 0 Å². The van der Waals surface area contributed by atoms with Crippen molar-refractivity contribution in [1.29, 1.82) is 0 Å². The normalized spacial score (nSPS) is 23.2. The summed E-state index contributed by atoms with van der Waals surface area (Å²) in [5.74, 6) is 0.879. The van der Waals surface area contributed by atoms with Gasteiger partial charge in [-0.3, -0.25) is 0 Å². The van der Waals surface area contributed by atoms with Crippen molar-refractivity contribution in [2.75, 3.05) is 37.7 Å². The molecule has 0 amide bonds. The second kappa shape index (κ2) is 6.50. The predicted octanol–water partition coefficient (Wildman–Crippen LogP) is 1.69. The number of anilines is 1. The van der Waals surface area contributed by atoms with E-state index in [-0.39, 0.29) is 0 Å². The zero-order chi connectivity index (χ0) is 13.8. The molecule has 1 N–H and O–H groups in total. The van der Waals surface area contributed by atoms with Crippen LogP contribution in [-0.4, -0.2) is 42.8 Å². The van der Waals surface area contributed by atoms with Crippen molar-refractivity contribution in [1.82, 2.24) is 15.3 Å². The number of morpholine rings is 1. The first kappa shape index (κ1) is 13.8. The van der Waals surface area contributed by atoms with Gasteiger partial charge in [-0.2, -0.15) is 0 Å². The lowest BCUT2D eigenvalue weighted by Crippen LogP contribution is -2.37. The SMILES string of the molecule is CCNC1CCCCc2nc(N3CCOCC3)ncc21. The minimum absolute atomic E-state index is 0.427. The summed E-state index contributed by atoms with van der Waals surface area (Å²) in [6, 6.07) is 0.427. The third-order valence-corrected chi connectivity index (χ3v) is 4.16. The van der Waals surface area contributed by atoms with E-state index in [9.17, 15) is 0 Å². The highest BCUT2D eigenvalue weighted by Gasteiger charge is 2.22. The van der Waals surface area contributed by atoms with E-state index < -0.39 is 0 Å². The molecule has 0 radical (unpaired) electrons. The molecule has 0 bridgehead atoms. The number of nitrogens with zero attached hydrogens (tertiary/aromatic N) is 3. The van der Waals surface area contributed by atoms with Crippen LogP contribution in [0.5, 0.6) is 0 Å². The number of aromatic nitrogens is 2. The molecule has 1 unspecified atom stereocenters. The zero-order valence-electron chi connectivity index (χ0n) is 12.3. The summed E-state index contributed by atoms with van der Waals surface area (Å²) in [5.41, 5.74) is 2.55. The van der Waals surface area contributed by atoms with Gasteiger partial charge in [-0.05, 0) is 25.8 Å². The highest BCUT2D eigenvalue weighted by molar-refractivity contribution is 5.35. The molecule has 0 spiro atoms. The molecule has 2 heterocycles. The van der Waals surface area contributed by atoms with Crippen LogP contribution in [0, 0.1) is 0 Å². The standard InChI is InChI=1S/C15H24N4O/c1-2-16-13-5-3-4-6-14-12(13)11-17-15(18-14)19-7-9-20-10-8-19/h11,13,16H,2-10H2,1H3. The molecule has 1 aliphatic carbocycles. The largest absolute Gasteiger partial charge is 0.378 e. The Morgan fingerprint density at radius 2 is 2.20 bits per heavy atom. The summed E-state index contributed by atoms with van der Waals surface area (Å²) >= 11 is 0. The average Bonchev–Trinajstić information content (AvgIpc) is 2.71. The molecular formula is C15H24N4O. The van der Waals surface area contributed by atoms with Gasteiger partial charge >= 0.3 is 0 Å². The van der Waals surface area contributed by atoms with Crippen LogP contribution in [0.1, 0.15) is 43.5 Å². The van der Waals surface area contributed by atoms with E-state index >= 15 is 0 Å². The van der Waals surface area contributed by atoms with Crippen LogP contribution < -0.4 is 10.2 Å². The number of aryl methyl sites for hydroxylation is 1. The van der Waals surface area contributed by atoms with E-state index in [1.807, 2.05) is 6.20 Å². The average molecular weight is 276 g/mol. The van der Waals surface area contributed by atoms with E-state index in [1.54, 1.807) is 0 Å². The van der Waals surface area contributed by atoms with Crippen molar-refractivity contribution >= 4 is 5.95 Å². The molecule has 110 valence electrons. The molecule has 1 aliphatic heterocycles. The number of rotatable bonds is 3. The lowest BCUT2D eigenvalue weighted by Gasteiger charge is -2.27. The van der Waals surface area contributed by atoms with Crippen molar-refractivity contribution in [3.63, 3.8) is 0 Å². The Hall–Kier alpha value is -1.20. The van der Waals surface area contributed by atoms with Crippen LogP contribution in [0.2, 0.25) is 0 Å². The third-order valence-electron chi connectivity index (χ3n) is 4.16. The van der Waals surface area contributed by atoms with Crippen molar-refractivity contribution in [3.05, 3.63) is 17.5 Å². The highest BCUT2D eigenvalue weighted by Crippen LogP contribution is 2.28.